The van der Waals surface area contributed by atoms with Crippen LogP contribution in [0.15, 0.2) is 84.0 Å². The predicted octanol–water partition coefficient (Wildman–Crippen LogP) is 3.75. The molecule has 6 nitrogen and oxygen atoms in total. The zero-order valence-corrected chi connectivity index (χ0v) is 15.4. The van der Waals surface area contributed by atoms with Gasteiger partial charge in [0.05, 0.1) is 12.7 Å². The van der Waals surface area contributed by atoms with Gasteiger partial charge in [-0.15, -0.1) is 0 Å². The maximum absolute atomic E-state index is 12.3. The summed E-state index contributed by atoms with van der Waals surface area (Å²) in [4.78, 5) is 17.2. The van der Waals surface area contributed by atoms with E-state index in [9.17, 15) is 4.79 Å². The first kappa shape index (κ1) is 19.0. The number of hydrogen-bond acceptors (Lipinski definition) is 5. The van der Waals surface area contributed by atoms with E-state index < -0.39 is 5.97 Å². The first-order valence-electron chi connectivity index (χ1n) is 8.62. The van der Waals surface area contributed by atoms with Crippen LogP contribution in [-0.2, 0) is 11.4 Å². The molecule has 0 unspecified atom stereocenters. The Hall–Kier alpha value is -3.80. The molecule has 3 aromatic rings. The second kappa shape index (κ2) is 9.23. The molecule has 142 valence electrons. The average molecular weight is 376 g/mol. The molecular formula is C22H20N2O4. The minimum absolute atomic E-state index is 0.129. The molecule has 0 heterocycles. The van der Waals surface area contributed by atoms with Gasteiger partial charge in [-0.2, -0.15) is 0 Å². The predicted molar refractivity (Wildman–Crippen MR) is 106 cm³/mol. The van der Waals surface area contributed by atoms with Gasteiger partial charge in [0.25, 0.3) is 0 Å². The third-order valence-electron chi connectivity index (χ3n) is 3.92. The van der Waals surface area contributed by atoms with Crippen LogP contribution in [0.1, 0.15) is 21.5 Å². The fourth-order valence-corrected chi connectivity index (χ4v) is 2.49. The number of rotatable bonds is 7. The third-order valence-corrected chi connectivity index (χ3v) is 3.92. The number of carbonyl (C=O) groups is 1. The molecule has 0 fully saturated rings. The molecule has 6 heteroatoms. The van der Waals surface area contributed by atoms with Crippen LogP contribution in [0, 0.1) is 0 Å². The Morgan fingerprint density at radius 2 is 1.57 bits per heavy atom. The van der Waals surface area contributed by atoms with Crippen LogP contribution in [0.3, 0.4) is 0 Å². The number of benzene rings is 3. The third kappa shape index (κ3) is 4.88. The molecule has 3 aromatic carbocycles. The molecule has 0 aliphatic rings. The monoisotopic (exact) mass is 376 g/mol. The van der Waals surface area contributed by atoms with Gasteiger partial charge in [0.2, 0.25) is 0 Å². The summed E-state index contributed by atoms with van der Waals surface area (Å²) in [6.45, 7) is 0.275. The highest BCUT2D eigenvalue weighted by Gasteiger charge is 2.10. The van der Waals surface area contributed by atoms with Crippen molar-refractivity contribution in [1.29, 1.82) is 0 Å². The number of amidine groups is 1. The van der Waals surface area contributed by atoms with Crippen LogP contribution in [-0.4, -0.2) is 18.9 Å². The van der Waals surface area contributed by atoms with E-state index in [0.29, 0.717) is 22.6 Å². The lowest BCUT2D eigenvalue weighted by atomic mass is 10.1. The van der Waals surface area contributed by atoms with Gasteiger partial charge in [-0.3, -0.25) is 0 Å². The molecule has 0 saturated carbocycles. The van der Waals surface area contributed by atoms with Crippen molar-refractivity contribution in [2.45, 2.75) is 6.61 Å². The SMILES string of the molecule is COc1ccccc1OCc1cccc(C(=O)O/N=C(\N)c2ccccc2)c1. The minimum atomic E-state index is -0.599. The quantitative estimate of drug-likeness (QED) is 0.294. The summed E-state index contributed by atoms with van der Waals surface area (Å²) in [6, 6.07) is 23.4. The lowest BCUT2D eigenvalue weighted by molar-refractivity contribution is 0.0516. The van der Waals surface area contributed by atoms with E-state index in [1.54, 1.807) is 37.4 Å². The molecular weight excluding hydrogens is 356 g/mol. The van der Waals surface area contributed by atoms with Gasteiger partial charge in [0.1, 0.15) is 6.61 Å². The van der Waals surface area contributed by atoms with Gasteiger partial charge in [-0.1, -0.05) is 59.8 Å². The first-order chi connectivity index (χ1) is 13.7. The number of nitrogens with zero attached hydrogens (tertiary/aromatic N) is 1. The summed E-state index contributed by atoms with van der Waals surface area (Å²) in [7, 11) is 1.58. The van der Waals surface area contributed by atoms with Crippen molar-refractivity contribution >= 4 is 11.8 Å². The number of para-hydroxylation sites is 2. The van der Waals surface area contributed by atoms with E-state index >= 15 is 0 Å². The van der Waals surface area contributed by atoms with E-state index in [1.165, 1.54) is 0 Å². The van der Waals surface area contributed by atoms with Crippen molar-refractivity contribution in [3.05, 3.63) is 95.6 Å². The van der Waals surface area contributed by atoms with Gasteiger partial charge < -0.3 is 20.0 Å². The van der Waals surface area contributed by atoms with Crippen LogP contribution in [0.5, 0.6) is 11.5 Å². The van der Waals surface area contributed by atoms with E-state index in [-0.39, 0.29) is 12.4 Å². The number of hydrogen-bond donors (Lipinski definition) is 1. The van der Waals surface area contributed by atoms with Crippen LogP contribution in [0.4, 0.5) is 0 Å². The van der Waals surface area contributed by atoms with E-state index in [0.717, 1.165) is 5.56 Å². The highest BCUT2D eigenvalue weighted by molar-refractivity contribution is 5.98. The van der Waals surface area contributed by atoms with Crippen LogP contribution < -0.4 is 15.2 Å². The number of ether oxygens (including phenoxy) is 2. The van der Waals surface area contributed by atoms with Gasteiger partial charge in [0, 0.05) is 5.56 Å². The van der Waals surface area contributed by atoms with Crippen molar-refractivity contribution < 1.29 is 19.1 Å². The van der Waals surface area contributed by atoms with E-state index in [2.05, 4.69) is 5.16 Å². The second-order valence-corrected chi connectivity index (χ2v) is 5.86. The van der Waals surface area contributed by atoms with E-state index in [4.69, 9.17) is 20.0 Å². The highest BCUT2D eigenvalue weighted by atomic mass is 16.7. The summed E-state index contributed by atoms with van der Waals surface area (Å²) in [5.41, 5.74) is 7.67. The van der Waals surface area contributed by atoms with Crippen molar-refractivity contribution in [3.63, 3.8) is 0 Å². The maximum atomic E-state index is 12.3. The molecule has 0 atom stereocenters. The molecule has 0 saturated heterocycles. The second-order valence-electron chi connectivity index (χ2n) is 5.86. The average Bonchev–Trinajstić information content (AvgIpc) is 2.76. The lowest BCUT2D eigenvalue weighted by Crippen LogP contribution is -2.15. The molecule has 3 rings (SSSR count). The number of carbonyl (C=O) groups excluding carboxylic acids is 1. The molecule has 0 spiro atoms. The molecule has 28 heavy (non-hydrogen) atoms. The fourth-order valence-electron chi connectivity index (χ4n) is 2.49. The largest absolute Gasteiger partial charge is 0.493 e. The molecule has 0 aliphatic heterocycles. The zero-order valence-electron chi connectivity index (χ0n) is 15.4. The summed E-state index contributed by atoms with van der Waals surface area (Å²) in [6.07, 6.45) is 0. The number of nitrogens with two attached hydrogens (primary N) is 1. The highest BCUT2D eigenvalue weighted by Crippen LogP contribution is 2.26. The Labute approximate surface area is 163 Å². The molecule has 0 radical (unpaired) electrons. The summed E-state index contributed by atoms with van der Waals surface area (Å²) < 4.78 is 11.0. The van der Waals surface area contributed by atoms with Gasteiger partial charge in [-0.25, -0.2) is 4.79 Å². The first-order valence-corrected chi connectivity index (χ1v) is 8.62. The Kier molecular flexibility index (Phi) is 6.25. The number of methoxy groups -OCH3 is 1. The standard InChI is InChI=1S/C22H20N2O4/c1-26-19-12-5-6-13-20(19)27-15-16-8-7-11-18(14-16)22(25)28-24-21(23)17-9-3-2-4-10-17/h2-14H,15H2,1H3,(H2,23,24). The normalized spacial score (nSPS) is 11.0. The fraction of sp³-hybridized carbons (Fsp3) is 0.0909. The molecule has 0 aliphatic carbocycles. The molecule has 0 amide bonds. The summed E-state index contributed by atoms with van der Waals surface area (Å²) in [5, 5.41) is 3.71. The Bertz CT molecular complexity index is 971. The van der Waals surface area contributed by atoms with E-state index in [1.807, 2.05) is 48.5 Å². The topological polar surface area (TPSA) is 83.1 Å². The van der Waals surface area contributed by atoms with Gasteiger partial charge >= 0.3 is 5.97 Å². The van der Waals surface area contributed by atoms with Gasteiger partial charge in [-0.05, 0) is 29.8 Å². The Morgan fingerprint density at radius 1 is 0.893 bits per heavy atom. The van der Waals surface area contributed by atoms with Gasteiger partial charge in [0.15, 0.2) is 17.3 Å². The number of oxime groups is 1. The smallest absolute Gasteiger partial charge is 0.365 e. The van der Waals surface area contributed by atoms with Crippen LogP contribution >= 0.6 is 0 Å². The molecule has 0 aromatic heterocycles. The molecule has 0 bridgehead atoms. The van der Waals surface area contributed by atoms with Crippen molar-refractivity contribution in [2.75, 3.05) is 7.11 Å². The summed E-state index contributed by atoms with van der Waals surface area (Å²) in [5.74, 6) is 0.796. The summed E-state index contributed by atoms with van der Waals surface area (Å²) >= 11 is 0. The Balaban J connectivity index is 1.64. The van der Waals surface area contributed by atoms with Crippen LogP contribution in [0.2, 0.25) is 0 Å². The minimum Gasteiger partial charge on any atom is -0.493 e. The van der Waals surface area contributed by atoms with Crippen LogP contribution in [0.25, 0.3) is 0 Å². The maximum Gasteiger partial charge on any atom is 0.365 e. The molecule has 2 N–H and O–H groups in total. The van der Waals surface area contributed by atoms with Crippen molar-refractivity contribution in [2.24, 2.45) is 10.9 Å². The zero-order chi connectivity index (χ0) is 19.8. The van der Waals surface area contributed by atoms with Crippen molar-refractivity contribution in [1.82, 2.24) is 0 Å². The van der Waals surface area contributed by atoms with Crippen molar-refractivity contribution in [3.8, 4) is 11.5 Å². The lowest BCUT2D eigenvalue weighted by Gasteiger charge is -2.10. The Morgan fingerprint density at radius 3 is 2.32 bits per heavy atom.